The molecule has 3 nitrogen and oxygen atoms in total. The minimum Gasteiger partial charge on any atom is -0.439 e. The first kappa shape index (κ1) is 14.0. The lowest BCUT2D eigenvalue weighted by molar-refractivity contribution is 0.194. The summed E-state index contributed by atoms with van der Waals surface area (Å²) < 4.78 is 6.88. The van der Waals surface area contributed by atoms with Crippen molar-refractivity contribution in [2.75, 3.05) is 0 Å². The number of aryl methyl sites for hydroxylation is 2. The predicted molar refractivity (Wildman–Crippen MR) is 78.6 cm³/mol. The molecule has 0 saturated heterocycles. The van der Waals surface area contributed by atoms with Crippen molar-refractivity contribution >= 4 is 15.9 Å². The van der Waals surface area contributed by atoms with Crippen molar-refractivity contribution in [2.45, 2.75) is 26.9 Å². The third-order valence-corrected chi connectivity index (χ3v) is 4.13. The van der Waals surface area contributed by atoms with E-state index in [1.165, 1.54) is 0 Å². The van der Waals surface area contributed by atoms with Crippen LogP contribution in [0.2, 0.25) is 0 Å². The number of halogens is 1. The molecule has 2 rings (SSSR count). The molecule has 1 heterocycles. The van der Waals surface area contributed by atoms with E-state index in [4.69, 9.17) is 4.74 Å². The van der Waals surface area contributed by atoms with E-state index in [2.05, 4.69) is 20.9 Å². The van der Waals surface area contributed by atoms with Crippen LogP contribution in [-0.4, -0.2) is 10.1 Å². The molecule has 0 amide bonds. The molecule has 1 aromatic heterocycles. The first-order valence-electron chi connectivity index (χ1n) is 6.06. The lowest BCUT2D eigenvalue weighted by Gasteiger charge is -2.13. The number of aliphatic hydroxyl groups excluding tert-OH is 1. The lowest BCUT2D eigenvalue weighted by atomic mass is 10.1. The number of nitrogens with zero attached hydrogens (tertiary/aromatic N) is 1. The Balaban J connectivity index is 2.37. The van der Waals surface area contributed by atoms with Gasteiger partial charge in [0.05, 0.1) is 6.10 Å². The summed E-state index contributed by atoms with van der Waals surface area (Å²) in [5.41, 5.74) is 2.88. The highest BCUT2D eigenvalue weighted by Crippen LogP contribution is 2.31. The predicted octanol–water partition coefficient (Wildman–Crippen LogP) is 4.31. The van der Waals surface area contributed by atoms with Crippen LogP contribution in [0.15, 0.2) is 34.9 Å². The van der Waals surface area contributed by atoms with Crippen molar-refractivity contribution in [3.05, 3.63) is 51.6 Å². The average molecular weight is 322 g/mol. The summed E-state index contributed by atoms with van der Waals surface area (Å²) in [5, 5.41) is 9.71. The molecule has 0 saturated carbocycles. The Morgan fingerprint density at radius 2 is 1.89 bits per heavy atom. The molecule has 0 aliphatic carbocycles. The lowest BCUT2D eigenvalue weighted by Crippen LogP contribution is -1.98. The maximum atomic E-state index is 9.71. The molecule has 0 radical (unpaired) electrons. The van der Waals surface area contributed by atoms with Crippen molar-refractivity contribution in [1.82, 2.24) is 4.98 Å². The third kappa shape index (κ3) is 3.14. The normalized spacial score (nSPS) is 12.3. The zero-order chi connectivity index (χ0) is 14.0. The Hall–Kier alpha value is -1.39. The van der Waals surface area contributed by atoms with Gasteiger partial charge in [-0.3, -0.25) is 0 Å². The highest BCUT2D eigenvalue weighted by atomic mass is 79.9. The van der Waals surface area contributed by atoms with E-state index in [1.54, 1.807) is 19.2 Å². The molecule has 0 unspecified atom stereocenters. The van der Waals surface area contributed by atoms with Crippen LogP contribution in [0.1, 0.15) is 29.7 Å². The zero-order valence-corrected chi connectivity index (χ0v) is 12.7. The Bertz CT molecular complexity index is 573. The maximum absolute atomic E-state index is 9.71. The van der Waals surface area contributed by atoms with Crippen molar-refractivity contribution < 1.29 is 9.84 Å². The van der Waals surface area contributed by atoms with Gasteiger partial charge in [-0.15, -0.1) is 0 Å². The van der Waals surface area contributed by atoms with E-state index in [0.29, 0.717) is 11.4 Å². The number of hydrogen-bond donors (Lipinski definition) is 1. The molecule has 0 spiro atoms. The van der Waals surface area contributed by atoms with Gasteiger partial charge >= 0.3 is 0 Å². The Morgan fingerprint density at radius 1 is 1.26 bits per heavy atom. The highest BCUT2D eigenvalue weighted by Gasteiger charge is 2.12. The molecule has 1 atom stereocenters. The van der Waals surface area contributed by atoms with E-state index < -0.39 is 6.10 Å². The van der Waals surface area contributed by atoms with E-state index in [-0.39, 0.29) is 0 Å². The van der Waals surface area contributed by atoms with Crippen LogP contribution in [0.5, 0.6) is 11.6 Å². The van der Waals surface area contributed by atoms with Gasteiger partial charge < -0.3 is 9.84 Å². The summed E-state index contributed by atoms with van der Waals surface area (Å²) in [5.74, 6) is 1.16. The summed E-state index contributed by atoms with van der Waals surface area (Å²) >= 11 is 3.53. The molecule has 100 valence electrons. The van der Waals surface area contributed by atoms with E-state index in [0.717, 1.165) is 21.3 Å². The molecular weight excluding hydrogens is 306 g/mol. The van der Waals surface area contributed by atoms with Gasteiger partial charge in [-0.2, -0.15) is 0 Å². The minimum absolute atomic E-state index is 0.443. The minimum atomic E-state index is -0.610. The van der Waals surface area contributed by atoms with E-state index >= 15 is 0 Å². The highest BCUT2D eigenvalue weighted by molar-refractivity contribution is 9.10. The molecule has 0 aliphatic heterocycles. The van der Waals surface area contributed by atoms with Gasteiger partial charge in [-0.1, -0.05) is 15.9 Å². The summed E-state index contributed by atoms with van der Waals surface area (Å²) in [6, 6.07) is 7.48. The maximum Gasteiger partial charge on any atom is 0.225 e. The van der Waals surface area contributed by atoms with Crippen LogP contribution < -0.4 is 4.74 Å². The van der Waals surface area contributed by atoms with Crippen LogP contribution in [0.3, 0.4) is 0 Å². The second-order valence-electron chi connectivity index (χ2n) is 4.55. The molecule has 4 heteroatoms. The van der Waals surface area contributed by atoms with Gasteiger partial charge in [0.25, 0.3) is 0 Å². The molecule has 1 N–H and O–H groups in total. The van der Waals surface area contributed by atoms with Crippen LogP contribution in [0.25, 0.3) is 0 Å². The Labute approximate surface area is 121 Å². The molecule has 0 fully saturated rings. The molecule has 1 aromatic carbocycles. The van der Waals surface area contributed by atoms with Crippen LogP contribution in [0, 0.1) is 13.8 Å². The fraction of sp³-hybridized carbons (Fsp3) is 0.267. The molecule has 0 aliphatic rings. The number of benzene rings is 1. The van der Waals surface area contributed by atoms with Crippen LogP contribution in [-0.2, 0) is 0 Å². The van der Waals surface area contributed by atoms with Gasteiger partial charge in [0, 0.05) is 16.2 Å². The fourth-order valence-electron chi connectivity index (χ4n) is 1.88. The quantitative estimate of drug-likeness (QED) is 0.916. The molecule has 0 bridgehead atoms. The first-order valence-corrected chi connectivity index (χ1v) is 6.86. The first-order chi connectivity index (χ1) is 8.99. The average Bonchev–Trinajstić information content (AvgIpc) is 2.36. The second kappa shape index (κ2) is 5.72. The zero-order valence-electron chi connectivity index (χ0n) is 11.1. The largest absolute Gasteiger partial charge is 0.439 e. The smallest absolute Gasteiger partial charge is 0.225 e. The van der Waals surface area contributed by atoms with Gasteiger partial charge in [0.2, 0.25) is 5.88 Å². The Kier molecular flexibility index (Phi) is 4.22. The van der Waals surface area contributed by atoms with Gasteiger partial charge in [0.15, 0.2) is 0 Å². The van der Waals surface area contributed by atoms with Gasteiger partial charge in [0.1, 0.15) is 5.75 Å². The topological polar surface area (TPSA) is 42.4 Å². The number of aromatic nitrogens is 1. The fourth-order valence-corrected chi connectivity index (χ4v) is 2.11. The number of rotatable bonds is 3. The van der Waals surface area contributed by atoms with E-state index in [9.17, 15) is 5.11 Å². The van der Waals surface area contributed by atoms with Gasteiger partial charge in [-0.25, -0.2) is 4.98 Å². The molecule has 2 aromatic rings. The van der Waals surface area contributed by atoms with Crippen molar-refractivity contribution in [3.8, 4) is 11.6 Å². The van der Waals surface area contributed by atoms with Crippen LogP contribution in [0.4, 0.5) is 0 Å². The number of hydrogen-bond acceptors (Lipinski definition) is 3. The summed E-state index contributed by atoms with van der Waals surface area (Å²) in [6.45, 7) is 5.72. The van der Waals surface area contributed by atoms with Crippen molar-refractivity contribution in [3.63, 3.8) is 0 Å². The third-order valence-electron chi connectivity index (χ3n) is 2.88. The summed E-state index contributed by atoms with van der Waals surface area (Å²) in [6.07, 6.45) is 1.04. The SMILES string of the molecule is Cc1cc(Oc2ncccc2[C@H](C)O)cc(C)c1Br. The molecule has 19 heavy (non-hydrogen) atoms. The van der Waals surface area contributed by atoms with Crippen molar-refractivity contribution in [2.24, 2.45) is 0 Å². The molecular formula is C15H16BrNO2. The number of aliphatic hydroxyl groups is 1. The Morgan fingerprint density at radius 3 is 2.47 bits per heavy atom. The van der Waals surface area contributed by atoms with Crippen molar-refractivity contribution in [1.29, 1.82) is 0 Å². The number of pyridine rings is 1. The monoisotopic (exact) mass is 321 g/mol. The van der Waals surface area contributed by atoms with Gasteiger partial charge in [-0.05, 0) is 56.2 Å². The summed E-state index contributed by atoms with van der Waals surface area (Å²) in [7, 11) is 0. The second-order valence-corrected chi connectivity index (χ2v) is 5.34. The summed E-state index contributed by atoms with van der Waals surface area (Å²) in [4.78, 5) is 4.18. The van der Waals surface area contributed by atoms with Crippen LogP contribution >= 0.6 is 15.9 Å². The number of ether oxygens (including phenoxy) is 1. The standard InChI is InChI=1S/C15H16BrNO2/c1-9-7-12(8-10(2)14(9)16)19-15-13(11(3)18)5-4-6-17-15/h4-8,11,18H,1-3H3/t11-/m0/s1. The van der Waals surface area contributed by atoms with E-state index in [1.807, 2.05) is 32.0 Å².